The number of hydrogen-bond donors (Lipinski definition) is 0. The van der Waals surface area contributed by atoms with E-state index in [-0.39, 0.29) is 12.3 Å². The van der Waals surface area contributed by atoms with Crippen LogP contribution in [0.25, 0.3) is 12.3 Å². The van der Waals surface area contributed by atoms with Crippen molar-refractivity contribution in [1.29, 1.82) is 0 Å². The van der Waals surface area contributed by atoms with E-state index in [4.69, 9.17) is 38.1 Å². The Kier molecular flexibility index (Phi) is 13.3. The molecule has 0 aromatic rings. The molecule has 0 amide bonds. The Labute approximate surface area is 61.6 Å². The number of nitrogens with two attached hydrogens (primary N) is 2. The molecule has 4 N–H and O–H groups in total. The van der Waals surface area contributed by atoms with Gasteiger partial charge in [0.2, 0.25) is 0 Å². The molecule has 0 bridgehead atoms. The smallest absolute Gasteiger partial charge is 0.693 e. The van der Waals surface area contributed by atoms with Crippen LogP contribution in [0.15, 0.2) is 0 Å². The number of rotatable bonds is 0. The molecule has 0 atom stereocenters. The predicted molar refractivity (Wildman–Crippen MR) is 34.0 cm³/mol. The summed E-state index contributed by atoms with van der Waals surface area (Å²) in [4.78, 5) is 0. The zero-order valence-electron chi connectivity index (χ0n) is 2.98. The van der Waals surface area contributed by atoms with Gasteiger partial charge in [0.1, 0.15) is 0 Å². The van der Waals surface area contributed by atoms with Crippen LogP contribution in [-0.4, -0.2) is 0 Å². The topological polar surface area (TPSA) is 67.0 Å². The van der Waals surface area contributed by atoms with Crippen LogP contribution < -0.4 is 0 Å². The van der Waals surface area contributed by atoms with Gasteiger partial charge in [-0.05, 0) is 0 Å². The van der Waals surface area contributed by atoms with E-state index in [0.717, 1.165) is 0 Å². The van der Waals surface area contributed by atoms with Gasteiger partial charge in [-0.25, -0.2) is 0 Å². The van der Waals surface area contributed by atoms with Crippen molar-refractivity contribution in [3.05, 3.63) is 12.3 Å². The predicted octanol–water partition coefficient (Wildman–Crippen LogP) is 4.19. The molecule has 7 heteroatoms. The summed E-state index contributed by atoms with van der Waals surface area (Å²) in [5.74, 6) is 0. The summed E-state index contributed by atoms with van der Waals surface area (Å²) in [6.45, 7) is 0. The zero-order chi connectivity index (χ0) is 4.50. The quantitative estimate of drug-likeness (QED) is 0.597. The minimum Gasteiger partial charge on any atom is -0.693 e. The van der Waals surface area contributed by atoms with Crippen LogP contribution in [0.1, 0.15) is 0 Å². The molecule has 0 aliphatic heterocycles. The monoisotopic (exact) mass is 278 g/mol. The van der Waals surface area contributed by atoms with Crippen molar-refractivity contribution in [3.8, 4) is 0 Å². The Bertz CT molecular complexity index is 25.2. The Morgan fingerprint density at radius 3 is 0.714 bits per heavy atom. The van der Waals surface area contributed by atoms with Gasteiger partial charge in [0.15, 0.2) is 0 Å². The molecule has 0 aromatic heterocycles. The van der Waals surface area contributed by atoms with Gasteiger partial charge in [-0.1, -0.05) is 0 Å². The van der Waals surface area contributed by atoms with Crippen molar-refractivity contribution >= 4 is 38.1 Å². The third kappa shape index (κ3) is 84.1. The van der Waals surface area contributed by atoms with E-state index in [0.29, 0.717) is 0 Å². The van der Waals surface area contributed by atoms with E-state index in [1.165, 1.54) is 0 Å². The summed E-state index contributed by atoms with van der Waals surface area (Å²) in [5.41, 5.74) is 0. The molecule has 54 valence electrons. The molecule has 7 heavy (non-hydrogen) atoms. The first-order valence-electron chi connectivity index (χ1n) is 0.478. The summed E-state index contributed by atoms with van der Waals surface area (Å²) in [5, 5.41) is 0. The standard InChI is InChI=1S/4ClH.2H2N.Pd/h4*1H;2*1H2;/q;;;;2*-1;+4/p-4. The van der Waals surface area contributed by atoms with Gasteiger partial charge in [0.25, 0.3) is 0 Å². The van der Waals surface area contributed by atoms with Gasteiger partial charge in [-0.15, -0.1) is 0 Å². The van der Waals surface area contributed by atoms with E-state index in [1.54, 1.807) is 0 Å². The first kappa shape index (κ1) is 15.9. The van der Waals surface area contributed by atoms with Gasteiger partial charge in [-0.2, -0.15) is 0 Å². The minimum atomic E-state index is -2.81. The molecule has 0 aromatic carbocycles. The second-order valence-corrected chi connectivity index (χ2v) is 14.4. The average Bonchev–Trinajstić information content (AvgIpc) is 0.722. The van der Waals surface area contributed by atoms with E-state index in [1.807, 2.05) is 0 Å². The fourth-order valence-electron chi connectivity index (χ4n) is 0. The van der Waals surface area contributed by atoms with E-state index in [9.17, 15) is 0 Å². The van der Waals surface area contributed by atoms with Crippen LogP contribution in [-0.2, 0) is 11.5 Å². The maximum atomic E-state index is 4.98. The van der Waals surface area contributed by atoms with Gasteiger partial charge >= 0.3 is 49.6 Å². The summed E-state index contributed by atoms with van der Waals surface area (Å²) in [7, 11) is 19.9. The largest absolute Gasteiger partial charge is 0.693 e. The second kappa shape index (κ2) is 5.87. The molecule has 0 saturated heterocycles. The van der Waals surface area contributed by atoms with E-state index >= 15 is 0 Å². The Hall–Kier alpha value is 1.74. The molecular formula is H4Cl4N2Pd-2. The average molecular weight is 280 g/mol. The normalized spacial score (nSPS) is 10.9. The maximum Gasteiger partial charge on any atom is -0.693 e. The first-order valence-corrected chi connectivity index (χ1v) is 8.49. The van der Waals surface area contributed by atoms with Gasteiger partial charge in [0.05, 0.1) is 0 Å². The van der Waals surface area contributed by atoms with Crippen LogP contribution in [0.3, 0.4) is 0 Å². The Morgan fingerprint density at radius 1 is 0.714 bits per heavy atom. The molecule has 0 aliphatic rings. The van der Waals surface area contributed by atoms with Crippen LogP contribution in [0.5, 0.6) is 0 Å². The van der Waals surface area contributed by atoms with E-state index < -0.39 is 11.5 Å². The molecule has 0 aliphatic carbocycles. The maximum absolute atomic E-state index is 4.98. The SMILES string of the molecule is [Cl][Pd]([Cl])([Cl])[Cl].[NH2-].[NH2-]. The Morgan fingerprint density at radius 2 is 0.714 bits per heavy atom. The third-order valence-corrected chi connectivity index (χ3v) is 0. The molecule has 0 heterocycles. The molecular weight excluding hydrogens is 276 g/mol. The Balaban J connectivity index is -0.0000000800. The second-order valence-electron chi connectivity index (χ2n) is 0.271. The minimum absolute atomic E-state index is 0. The first-order chi connectivity index (χ1) is 2.00. The molecule has 0 radical (unpaired) electrons. The molecule has 0 rings (SSSR count). The molecule has 2 nitrogen and oxygen atoms in total. The summed E-state index contributed by atoms with van der Waals surface area (Å²) >= 11 is -2.81. The van der Waals surface area contributed by atoms with Crippen molar-refractivity contribution in [3.63, 3.8) is 0 Å². The van der Waals surface area contributed by atoms with Gasteiger partial charge < -0.3 is 12.3 Å². The summed E-state index contributed by atoms with van der Waals surface area (Å²) in [6.07, 6.45) is 0. The molecule has 0 unspecified atom stereocenters. The summed E-state index contributed by atoms with van der Waals surface area (Å²) in [6, 6.07) is 0. The van der Waals surface area contributed by atoms with Crippen LogP contribution in [0.2, 0.25) is 0 Å². The molecule has 0 fully saturated rings. The molecule has 0 spiro atoms. The van der Waals surface area contributed by atoms with Crippen molar-refractivity contribution in [2.24, 2.45) is 0 Å². The van der Waals surface area contributed by atoms with Crippen molar-refractivity contribution in [1.82, 2.24) is 0 Å². The number of halogens is 4. The molecule has 0 saturated carbocycles. The van der Waals surface area contributed by atoms with Gasteiger partial charge in [0, 0.05) is 0 Å². The zero-order valence-corrected chi connectivity index (χ0v) is 7.56. The number of hydrogen-bond acceptors (Lipinski definition) is 0. The fraction of sp³-hybridized carbons (Fsp3) is 0. The summed E-state index contributed by atoms with van der Waals surface area (Å²) < 4.78 is 0. The van der Waals surface area contributed by atoms with Crippen LogP contribution in [0, 0.1) is 0 Å². The third-order valence-electron chi connectivity index (χ3n) is 0. The van der Waals surface area contributed by atoms with Crippen LogP contribution in [0.4, 0.5) is 0 Å². The van der Waals surface area contributed by atoms with Crippen molar-refractivity contribution in [2.45, 2.75) is 0 Å². The van der Waals surface area contributed by atoms with Crippen molar-refractivity contribution in [2.75, 3.05) is 0 Å². The van der Waals surface area contributed by atoms with Crippen LogP contribution >= 0.6 is 38.1 Å². The fourth-order valence-corrected chi connectivity index (χ4v) is 0. The van der Waals surface area contributed by atoms with Gasteiger partial charge in [-0.3, -0.25) is 0 Å². The van der Waals surface area contributed by atoms with E-state index in [2.05, 4.69) is 0 Å². The van der Waals surface area contributed by atoms with Crippen molar-refractivity contribution < 1.29 is 11.5 Å².